The van der Waals surface area contributed by atoms with Gasteiger partial charge >= 0.3 is 0 Å². The lowest BCUT2D eigenvalue weighted by atomic mass is 9.79. The minimum Gasteiger partial charge on any atom is -0.383 e. The van der Waals surface area contributed by atoms with Crippen molar-refractivity contribution in [2.75, 3.05) is 0 Å². The van der Waals surface area contributed by atoms with Crippen molar-refractivity contribution < 1.29 is 0 Å². The van der Waals surface area contributed by atoms with Crippen LogP contribution >= 0.6 is 0 Å². The maximum Gasteiger partial charge on any atom is 0.126 e. The van der Waals surface area contributed by atoms with Gasteiger partial charge < -0.3 is 5.73 Å². The summed E-state index contributed by atoms with van der Waals surface area (Å²) in [6.45, 7) is 16.6. The van der Waals surface area contributed by atoms with Crippen molar-refractivity contribution in [1.82, 2.24) is 0 Å². The van der Waals surface area contributed by atoms with Crippen LogP contribution < -0.4 is 5.73 Å². The Morgan fingerprint density at radius 2 is 1.80 bits per heavy atom. The molecule has 0 aliphatic rings. The molecular weight excluding hydrogens is 184 g/mol. The van der Waals surface area contributed by atoms with Crippen molar-refractivity contribution in [3.8, 4) is 0 Å². The molecule has 15 heavy (non-hydrogen) atoms. The molecule has 0 aliphatic carbocycles. The lowest BCUT2D eigenvalue weighted by Gasteiger charge is -2.27. The molecule has 0 saturated heterocycles. The Morgan fingerprint density at radius 1 is 1.33 bits per heavy atom. The van der Waals surface area contributed by atoms with Crippen LogP contribution in [0.4, 0.5) is 0 Å². The van der Waals surface area contributed by atoms with Crippen LogP contribution in [0.5, 0.6) is 0 Å². The minimum absolute atomic E-state index is 0.0159. The monoisotopic (exact) mass is 208 g/mol. The van der Waals surface area contributed by atoms with Gasteiger partial charge in [0.2, 0.25) is 0 Å². The molecule has 0 aromatic heterocycles. The van der Waals surface area contributed by atoms with E-state index < -0.39 is 0 Å². The van der Waals surface area contributed by atoms with Gasteiger partial charge in [0.25, 0.3) is 0 Å². The standard InChI is InChI=1S/C13H24N2/c1-8-15-12(14)11(13(5,6)7)10(4)9(2)3/h8-9H,4,14H2,1-3,5-7H3/b12-11+,15-8?. The zero-order valence-electron chi connectivity index (χ0n) is 10.9. The zero-order valence-corrected chi connectivity index (χ0v) is 10.9. The molecule has 0 saturated carbocycles. The maximum atomic E-state index is 5.97. The molecule has 2 heteroatoms. The second kappa shape index (κ2) is 5.15. The Hall–Kier alpha value is -1.05. The Morgan fingerprint density at radius 3 is 2.07 bits per heavy atom. The fourth-order valence-corrected chi connectivity index (χ4v) is 1.52. The molecule has 2 nitrogen and oxygen atoms in total. The second-order valence-corrected chi connectivity index (χ2v) is 5.08. The predicted octanol–water partition coefficient (Wildman–Crippen LogP) is 3.51. The first-order chi connectivity index (χ1) is 6.71. The third kappa shape index (κ3) is 3.90. The third-order valence-corrected chi connectivity index (χ3v) is 2.29. The first kappa shape index (κ1) is 13.9. The normalized spacial score (nSPS) is 14.6. The highest BCUT2D eigenvalue weighted by Crippen LogP contribution is 2.35. The average molecular weight is 208 g/mol. The molecular formula is C13H24N2. The van der Waals surface area contributed by atoms with Gasteiger partial charge in [-0.15, -0.1) is 0 Å². The van der Waals surface area contributed by atoms with Crippen molar-refractivity contribution in [2.24, 2.45) is 22.1 Å². The van der Waals surface area contributed by atoms with E-state index in [1.807, 2.05) is 6.92 Å². The summed E-state index contributed by atoms with van der Waals surface area (Å²) in [4.78, 5) is 4.17. The minimum atomic E-state index is -0.0159. The highest BCUT2D eigenvalue weighted by Gasteiger charge is 2.24. The summed E-state index contributed by atoms with van der Waals surface area (Å²) >= 11 is 0. The third-order valence-electron chi connectivity index (χ3n) is 2.29. The highest BCUT2D eigenvalue weighted by molar-refractivity contribution is 5.56. The van der Waals surface area contributed by atoms with Gasteiger partial charge in [-0.05, 0) is 23.8 Å². The van der Waals surface area contributed by atoms with Gasteiger partial charge in [0.1, 0.15) is 5.82 Å². The van der Waals surface area contributed by atoms with Crippen LogP contribution in [0.1, 0.15) is 41.5 Å². The SMILES string of the molecule is C=C(/C(=C(/N)N=CC)C(C)(C)C)C(C)C. The molecule has 0 fully saturated rings. The fraction of sp³-hybridized carbons (Fsp3) is 0.615. The van der Waals surface area contributed by atoms with Crippen molar-refractivity contribution in [2.45, 2.75) is 41.5 Å². The van der Waals surface area contributed by atoms with E-state index in [0.29, 0.717) is 11.7 Å². The molecule has 0 aromatic carbocycles. The maximum absolute atomic E-state index is 5.97. The topological polar surface area (TPSA) is 38.4 Å². The summed E-state index contributed by atoms with van der Waals surface area (Å²) in [7, 11) is 0. The molecule has 0 atom stereocenters. The summed E-state index contributed by atoms with van der Waals surface area (Å²) in [5.74, 6) is 0.980. The molecule has 0 radical (unpaired) electrons. The van der Waals surface area contributed by atoms with E-state index in [1.165, 1.54) is 0 Å². The lowest BCUT2D eigenvalue weighted by molar-refractivity contribution is 0.491. The molecule has 0 spiro atoms. The van der Waals surface area contributed by atoms with E-state index >= 15 is 0 Å². The van der Waals surface area contributed by atoms with Crippen LogP contribution in [-0.2, 0) is 0 Å². The van der Waals surface area contributed by atoms with E-state index in [4.69, 9.17) is 5.73 Å². The van der Waals surface area contributed by atoms with Gasteiger partial charge in [-0.1, -0.05) is 41.2 Å². The van der Waals surface area contributed by atoms with Gasteiger partial charge in [-0.2, -0.15) is 0 Å². The zero-order chi connectivity index (χ0) is 12.2. The summed E-state index contributed by atoms with van der Waals surface area (Å²) < 4.78 is 0. The van der Waals surface area contributed by atoms with E-state index in [2.05, 4.69) is 46.2 Å². The van der Waals surface area contributed by atoms with Crippen LogP contribution in [0, 0.1) is 11.3 Å². The molecule has 86 valence electrons. The van der Waals surface area contributed by atoms with Crippen molar-refractivity contribution >= 4 is 6.21 Å². The molecule has 0 aromatic rings. The summed E-state index contributed by atoms with van der Waals surface area (Å²) in [5, 5.41) is 0. The first-order valence-electron chi connectivity index (χ1n) is 5.39. The second-order valence-electron chi connectivity index (χ2n) is 5.08. The number of nitrogens with zero attached hydrogens (tertiary/aromatic N) is 1. The first-order valence-corrected chi connectivity index (χ1v) is 5.39. The van der Waals surface area contributed by atoms with Crippen molar-refractivity contribution in [1.29, 1.82) is 0 Å². The fourth-order valence-electron chi connectivity index (χ4n) is 1.52. The largest absolute Gasteiger partial charge is 0.383 e. The van der Waals surface area contributed by atoms with Crippen LogP contribution in [0.2, 0.25) is 0 Å². The lowest BCUT2D eigenvalue weighted by Crippen LogP contribution is -2.19. The van der Waals surface area contributed by atoms with Crippen LogP contribution in [0.25, 0.3) is 0 Å². The summed E-state index contributed by atoms with van der Waals surface area (Å²) in [6.07, 6.45) is 1.72. The Kier molecular flexibility index (Phi) is 4.79. The summed E-state index contributed by atoms with van der Waals surface area (Å²) in [6, 6.07) is 0. The van der Waals surface area contributed by atoms with Crippen molar-refractivity contribution in [3.63, 3.8) is 0 Å². The van der Waals surface area contributed by atoms with E-state index in [0.717, 1.165) is 11.1 Å². The Balaban J connectivity index is 5.45. The molecule has 0 unspecified atom stereocenters. The van der Waals surface area contributed by atoms with Gasteiger partial charge in [0.15, 0.2) is 0 Å². The molecule has 0 bridgehead atoms. The number of hydrogen-bond donors (Lipinski definition) is 1. The van der Waals surface area contributed by atoms with Crippen molar-refractivity contribution in [3.05, 3.63) is 23.5 Å². The van der Waals surface area contributed by atoms with Gasteiger partial charge in [0.05, 0.1) is 0 Å². The highest BCUT2D eigenvalue weighted by atomic mass is 14.9. The molecule has 0 aliphatic heterocycles. The number of allylic oxidation sites excluding steroid dienone is 2. The van der Waals surface area contributed by atoms with Gasteiger partial charge in [0, 0.05) is 11.8 Å². The molecule has 0 amide bonds. The van der Waals surface area contributed by atoms with Gasteiger partial charge in [-0.25, -0.2) is 4.99 Å². The Bertz CT molecular complexity index is 288. The molecule has 0 heterocycles. The number of nitrogens with two attached hydrogens (primary N) is 1. The van der Waals surface area contributed by atoms with Crippen LogP contribution in [0.3, 0.4) is 0 Å². The quantitative estimate of drug-likeness (QED) is 0.559. The van der Waals surface area contributed by atoms with E-state index in [-0.39, 0.29) is 5.41 Å². The van der Waals surface area contributed by atoms with E-state index in [1.54, 1.807) is 6.21 Å². The number of rotatable bonds is 3. The average Bonchev–Trinajstić information content (AvgIpc) is 2.01. The van der Waals surface area contributed by atoms with Crippen LogP contribution in [0.15, 0.2) is 28.5 Å². The van der Waals surface area contributed by atoms with Gasteiger partial charge in [-0.3, -0.25) is 0 Å². The molecule has 0 rings (SSSR count). The van der Waals surface area contributed by atoms with Crippen LogP contribution in [-0.4, -0.2) is 6.21 Å². The predicted molar refractivity (Wildman–Crippen MR) is 68.8 cm³/mol. The number of hydrogen-bond acceptors (Lipinski definition) is 2. The van der Waals surface area contributed by atoms with E-state index in [9.17, 15) is 0 Å². The summed E-state index contributed by atoms with van der Waals surface area (Å²) in [5.41, 5.74) is 8.10. The molecule has 2 N–H and O–H groups in total. The number of aliphatic imine (C=N–C) groups is 1. The Labute approximate surface area is 94.0 Å². The smallest absolute Gasteiger partial charge is 0.126 e.